The maximum Gasteiger partial charge on any atom is 0.341 e. The summed E-state index contributed by atoms with van der Waals surface area (Å²) in [6.45, 7) is 7.55. The molecule has 51 heavy (non-hydrogen) atoms. The maximum atomic E-state index is 14.3. The van der Waals surface area contributed by atoms with Gasteiger partial charge in [-0.1, -0.05) is 44.2 Å². The summed E-state index contributed by atoms with van der Waals surface area (Å²) < 4.78 is 36.3. The molecule has 1 fully saturated rings. The number of hydrogen-bond donors (Lipinski definition) is 3. The van der Waals surface area contributed by atoms with Gasteiger partial charge in [-0.3, -0.25) is 0 Å². The highest BCUT2D eigenvalue weighted by Crippen LogP contribution is 2.34. The van der Waals surface area contributed by atoms with E-state index in [1.54, 1.807) is 26.4 Å². The van der Waals surface area contributed by atoms with E-state index >= 15 is 0 Å². The molecule has 0 aliphatic carbocycles. The number of halogens is 1. The van der Waals surface area contributed by atoms with Crippen LogP contribution in [0.5, 0.6) is 23.0 Å². The van der Waals surface area contributed by atoms with Crippen molar-refractivity contribution in [2.75, 3.05) is 45.9 Å². The van der Waals surface area contributed by atoms with Gasteiger partial charge < -0.3 is 39.5 Å². The number of benzene rings is 3. The van der Waals surface area contributed by atoms with E-state index in [1.807, 2.05) is 24.3 Å². The number of fused-ring (bicyclic) bond motifs is 1. The highest BCUT2D eigenvalue weighted by molar-refractivity contribution is 5.93. The molecule has 5 aromatic rings. The summed E-state index contributed by atoms with van der Waals surface area (Å²) >= 11 is 0. The summed E-state index contributed by atoms with van der Waals surface area (Å²) in [5.74, 6) is 1.51. The predicted molar refractivity (Wildman–Crippen MR) is 197 cm³/mol. The Morgan fingerprint density at radius 2 is 1.73 bits per heavy atom. The topological polar surface area (TPSA) is 110 Å². The normalized spacial score (nSPS) is 14.1. The Bertz CT molecular complexity index is 1960. The molecule has 3 heterocycles. The summed E-state index contributed by atoms with van der Waals surface area (Å²) in [5, 5.41) is 8.00. The van der Waals surface area contributed by atoms with Crippen molar-refractivity contribution in [1.29, 1.82) is 0 Å². The zero-order chi connectivity index (χ0) is 35.9. The number of piperidine rings is 1. The largest absolute Gasteiger partial charge is 0.493 e. The van der Waals surface area contributed by atoms with Crippen molar-refractivity contribution in [3.05, 3.63) is 107 Å². The number of rotatable bonds is 14. The van der Waals surface area contributed by atoms with Crippen LogP contribution in [0.3, 0.4) is 0 Å². The first-order valence-corrected chi connectivity index (χ1v) is 17.3. The molecule has 0 spiro atoms. The number of nitrogens with zero attached hydrogens (tertiary/aromatic N) is 2. The Kier molecular flexibility index (Phi) is 11.4. The fourth-order valence-electron chi connectivity index (χ4n) is 6.76. The molecule has 3 aromatic carbocycles. The monoisotopic (exact) mass is 695 g/mol. The zero-order valence-corrected chi connectivity index (χ0v) is 29.8. The fraction of sp³-hybridized carbons (Fsp3) is 0.350. The minimum absolute atomic E-state index is 0.107. The number of ether oxygens (including phenoxy) is 4. The molecule has 1 atom stereocenters. The molecule has 6 rings (SSSR count). The van der Waals surface area contributed by atoms with Gasteiger partial charge >= 0.3 is 5.97 Å². The van der Waals surface area contributed by atoms with Crippen molar-refractivity contribution < 1.29 is 28.1 Å². The van der Waals surface area contributed by atoms with Crippen LogP contribution in [0.1, 0.15) is 65.7 Å². The van der Waals surface area contributed by atoms with Gasteiger partial charge in [0.25, 0.3) is 0 Å². The number of methoxy groups -OCH3 is 3. The van der Waals surface area contributed by atoms with Gasteiger partial charge in [0.15, 0.2) is 11.5 Å². The number of H-pyrrole nitrogens is 1. The molecule has 0 amide bonds. The van der Waals surface area contributed by atoms with Crippen molar-refractivity contribution in [2.24, 2.45) is 0 Å². The Morgan fingerprint density at radius 1 is 0.961 bits per heavy atom. The lowest BCUT2D eigenvalue weighted by molar-refractivity contribution is 0.0598. The van der Waals surface area contributed by atoms with Crippen LogP contribution in [0.25, 0.3) is 11.0 Å². The number of nitrogens with one attached hydrogen (secondary N) is 3. The number of carbonyl (C=O) groups is 1. The molecule has 268 valence electrons. The van der Waals surface area contributed by atoms with Gasteiger partial charge in [0, 0.05) is 56.2 Å². The molecule has 0 radical (unpaired) electrons. The van der Waals surface area contributed by atoms with Crippen molar-refractivity contribution in [3.8, 4) is 23.0 Å². The SMILES string of the molecule is COC(=O)c1ccc(N2CCC(N[C@@H](CNCc3ccc(OC)c(OC)c3)c3ccccc3C(C)C)CC2)cc1Oc1cnc2[nH]cc(F)c2c1. The molecule has 0 unspecified atom stereocenters. The Balaban J connectivity index is 1.15. The highest BCUT2D eigenvalue weighted by Gasteiger charge is 2.26. The maximum absolute atomic E-state index is 14.3. The summed E-state index contributed by atoms with van der Waals surface area (Å²) in [4.78, 5) is 22.0. The molecule has 1 saturated heterocycles. The van der Waals surface area contributed by atoms with Gasteiger partial charge in [-0.05, 0) is 65.8 Å². The van der Waals surface area contributed by atoms with Crippen molar-refractivity contribution in [2.45, 2.75) is 51.2 Å². The van der Waals surface area contributed by atoms with Crippen LogP contribution in [-0.4, -0.2) is 62.9 Å². The van der Waals surface area contributed by atoms with Gasteiger partial charge in [-0.15, -0.1) is 0 Å². The molecule has 1 aliphatic heterocycles. The molecular weight excluding hydrogens is 649 g/mol. The van der Waals surface area contributed by atoms with Gasteiger partial charge in [0.05, 0.1) is 32.9 Å². The van der Waals surface area contributed by atoms with Crippen LogP contribution in [0, 0.1) is 5.82 Å². The molecule has 11 heteroatoms. The number of esters is 1. The summed E-state index contributed by atoms with van der Waals surface area (Å²) in [7, 11) is 4.63. The van der Waals surface area contributed by atoms with E-state index in [-0.39, 0.29) is 11.6 Å². The first-order valence-electron chi connectivity index (χ1n) is 17.3. The Labute approximate surface area is 298 Å². The third-order valence-corrected chi connectivity index (χ3v) is 9.47. The number of anilines is 1. The van der Waals surface area contributed by atoms with Crippen LogP contribution in [0.15, 0.2) is 79.1 Å². The van der Waals surface area contributed by atoms with Gasteiger partial charge in [0.2, 0.25) is 0 Å². The second-order valence-corrected chi connectivity index (χ2v) is 13.1. The van der Waals surface area contributed by atoms with Gasteiger partial charge in [-0.2, -0.15) is 0 Å². The highest BCUT2D eigenvalue weighted by atomic mass is 19.1. The smallest absolute Gasteiger partial charge is 0.341 e. The minimum Gasteiger partial charge on any atom is -0.493 e. The van der Waals surface area contributed by atoms with Crippen LogP contribution in [0.4, 0.5) is 10.1 Å². The van der Waals surface area contributed by atoms with Crippen LogP contribution in [0.2, 0.25) is 0 Å². The van der Waals surface area contributed by atoms with Crippen molar-refractivity contribution in [3.63, 3.8) is 0 Å². The average molecular weight is 696 g/mol. The Hall–Kier alpha value is -5.13. The van der Waals surface area contributed by atoms with Crippen molar-refractivity contribution in [1.82, 2.24) is 20.6 Å². The Morgan fingerprint density at radius 3 is 2.45 bits per heavy atom. The summed E-state index contributed by atoms with van der Waals surface area (Å²) in [6, 6.07) is 22.1. The molecular formula is C40H46FN5O5. The number of aromatic amines is 1. The molecule has 3 N–H and O–H groups in total. The average Bonchev–Trinajstić information content (AvgIpc) is 3.53. The van der Waals surface area contributed by atoms with Crippen LogP contribution in [-0.2, 0) is 11.3 Å². The van der Waals surface area contributed by atoms with E-state index in [2.05, 4.69) is 69.7 Å². The van der Waals surface area contributed by atoms with E-state index in [9.17, 15) is 9.18 Å². The summed E-state index contributed by atoms with van der Waals surface area (Å²) in [5.41, 5.74) is 5.39. The van der Waals surface area contributed by atoms with E-state index < -0.39 is 11.8 Å². The number of hydrogen-bond acceptors (Lipinski definition) is 9. The van der Waals surface area contributed by atoms with E-state index in [0.717, 1.165) is 43.7 Å². The van der Waals surface area contributed by atoms with E-state index in [1.165, 1.54) is 30.6 Å². The van der Waals surface area contributed by atoms with Crippen LogP contribution >= 0.6 is 0 Å². The second-order valence-electron chi connectivity index (χ2n) is 13.1. The minimum atomic E-state index is -0.520. The number of pyridine rings is 1. The lowest BCUT2D eigenvalue weighted by atomic mass is 9.91. The molecule has 0 bridgehead atoms. The molecule has 10 nitrogen and oxygen atoms in total. The van der Waals surface area contributed by atoms with Crippen molar-refractivity contribution >= 4 is 22.7 Å². The van der Waals surface area contributed by atoms with Gasteiger partial charge in [0.1, 0.15) is 28.5 Å². The first kappa shape index (κ1) is 35.7. The standard InChI is InChI=1S/C40H46FN5O5/c1-25(2)30-8-6-7-9-31(30)35(24-42-21-26-10-13-36(48-3)38(18-26)49-4)45-27-14-16-46(17-15-27)28-11-12-32(40(47)50-5)37(19-28)51-29-20-33-34(41)23-44-39(33)43-22-29/h6-13,18-20,22-23,25,27,35,42,45H,14-17,21,24H2,1-5H3,(H,43,44)/t35-/m0/s1. The molecule has 2 aromatic heterocycles. The van der Waals surface area contributed by atoms with Gasteiger partial charge in [-0.25, -0.2) is 14.2 Å². The summed E-state index contributed by atoms with van der Waals surface area (Å²) in [6.07, 6.45) is 4.61. The second kappa shape index (κ2) is 16.3. The van der Waals surface area contributed by atoms with E-state index in [0.29, 0.717) is 52.5 Å². The lowest BCUT2D eigenvalue weighted by Gasteiger charge is -2.37. The quantitative estimate of drug-likeness (QED) is 0.102. The third kappa shape index (κ3) is 8.27. The number of carbonyl (C=O) groups excluding carboxylic acids is 1. The number of aromatic nitrogens is 2. The fourth-order valence-corrected chi connectivity index (χ4v) is 6.76. The molecule has 1 aliphatic rings. The first-order chi connectivity index (χ1) is 24.8. The third-order valence-electron chi connectivity index (χ3n) is 9.47. The predicted octanol–water partition coefficient (Wildman–Crippen LogP) is 7.51. The van der Waals surface area contributed by atoms with E-state index in [4.69, 9.17) is 18.9 Å². The lowest BCUT2D eigenvalue weighted by Crippen LogP contribution is -2.45. The zero-order valence-electron chi connectivity index (χ0n) is 29.8. The van der Waals surface area contributed by atoms with Crippen LogP contribution < -0.4 is 29.7 Å². The molecule has 0 saturated carbocycles.